The van der Waals surface area contributed by atoms with Crippen molar-refractivity contribution in [2.24, 2.45) is 5.41 Å². The Morgan fingerprint density at radius 1 is 1.28 bits per heavy atom. The lowest BCUT2D eigenvalue weighted by Gasteiger charge is -2.39. The quantitative estimate of drug-likeness (QED) is 0.605. The highest BCUT2D eigenvalue weighted by Gasteiger charge is 2.53. The molecular formula is C18H23N3O4. The van der Waals surface area contributed by atoms with Crippen LogP contribution in [-0.4, -0.2) is 43.2 Å². The molecule has 1 saturated heterocycles. The average Bonchev–Trinajstić information content (AvgIpc) is 2.53. The molecule has 0 saturated carbocycles. The second-order valence-corrected chi connectivity index (χ2v) is 6.44. The molecule has 1 aliphatic rings. The summed E-state index contributed by atoms with van der Waals surface area (Å²) in [5.74, 6) is -1.36. The van der Waals surface area contributed by atoms with Crippen molar-refractivity contribution in [1.82, 2.24) is 5.32 Å². The van der Waals surface area contributed by atoms with Gasteiger partial charge in [-0.25, -0.2) is 9.69 Å². The minimum absolute atomic E-state index is 0.0299. The van der Waals surface area contributed by atoms with Gasteiger partial charge in [0.25, 0.3) is 5.91 Å². The summed E-state index contributed by atoms with van der Waals surface area (Å²) < 4.78 is 0. The number of rotatable bonds is 6. The van der Waals surface area contributed by atoms with Crippen LogP contribution in [0.15, 0.2) is 36.9 Å². The van der Waals surface area contributed by atoms with Crippen LogP contribution in [0, 0.1) is 5.41 Å². The van der Waals surface area contributed by atoms with Crippen molar-refractivity contribution < 1.29 is 19.5 Å². The molecule has 134 valence electrons. The Labute approximate surface area is 146 Å². The minimum atomic E-state index is -1.55. The van der Waals surface area contributed by atoms with Gasteiger partial charge in [0.15, 0.2) is 0 Å². The van der Waals surface area contributed by atoms with Crippen molar-refractivity contribution >= 4 is 29.2 Å². The molecule has 0 aliphatic carbocycles. The van der Waals surface area contributed by atoms with E-state index >= 15 is 0 Å². The van der Waals surface area contributed by atoms with E-state index in [2.05, 4.69) is 11.9 Å². The molecule has 2 N–H and O–H groups in total. The molecule has 4 amide bonds. The Hall–Kier alpha value is -2.67. The van der Waals surface area contributed by atoms with Gasteiger partial charge in [-0.1, -0.05) is 6.08 Å². The number of nitrogens with zero attached hydrogens (tertiary/aromatic N) is 2. The monoisotopic (exact) mass is 345 g/mol. The molecular weight excluding hydrogens is 322 g/mol. The second kappa shape index (κ2) is 7.06. The first kappa shape index (κ1) is 18.7. The normalized spacial score (nSPS) is 21.8. The van der Waals surface area contributed by atoms with Crippen molar-refractivity contribution in [1.29, 1.82) is 0 Å². The lowest BCUT2D eigenvalue weighted by Crippen LogP contribution is -2.64. The van der Waals surface area contributed by atoms with E-state index in [4.69, 9.17) is 0 Å². The summed E-state index contributed by atoms with van der Waals surface area (Å²) >= 11 is 0. The van der Waals surface area contributed by atoms with Gasteiger partial charge < -0.3 is 10.0 Å². The number of anilines is 2. The Morgan fingerprint density at radius 2 is 1.88 bits per heavy atom. The summed E-state index contributed by atoms with van der Waals surface area (Å²) in [5.41, 5.74) is -0.282. The molecule has 0 spiro atoms. The van der Waals surface area contributed by atoms with Crippen LogP contribution >= 0.6 is 0 Å². The number of imide groups is 2. The molecule has 2 unspecified atom stereocenters. The Balaban J connectivity index is 2.46. The molecule has 1 aromatic carbocycles. The lowest BCUT2D eigenvalue weighted by molar-refractivity contribution is -0.144. The first-order valence-electron chi connectivity index (χ1n) is 7.99. The van der Waals surface area contributed by atoms with Crippen molar-refractivity contribution in [3.8, 4) is 0 Å². The van der Waals surface area contributed by atoms with Gasteiger partial charge in [0.2, 0.25) is 5.91 Å². The third kappa shape index (κ3) is 3.41. The van der Waals surface area contributed by atoms with Gasteiger partial charge in [0.05, 0.1) is 11.8 Å². The third-order valence-electron chi connectivity index (χ3n) is 4.23. The molecule has 0 bridgehead atoms. The third-order valence-corrected chi connectivity index (χ3v) is 4.23. The van der Waals surface area contributed by atoms with Gasteiger partial charge in [-0.05, 0) is 44.0 Å². The number of hydrogen-bond acceptors (Lipinski definition) is 5. The summed E-state index contributed by atoms with van der Waals surface area (Å²) in [6.07, 6.45) is 0.495. The topological polar surface area (TPSA) is 89.9 Å². The molecule has 0 radical (unpaired) electrons. The van der Waals surface area contributed by atoms with Crippen molar-refractivity contribution in [2.75, 3.05) is 23.9 Å². The number of hydrogen-bond donors (Lipinski definition) is 2. The first-order valence-corrected chi connectivity index (χ1v) is 7.99. The van der Waals surface area contributed by atoms with Gasteiger partial charge in [0.1, 0.15) is 5.41 Å². The van der Waals surface area contributed by atoms with E-state index in [-0.39, 0.29) is 12.8 Å². The number of carbonyl (C=O) groups excluding carboxylic acids is 3. The Bertz CT molecular complexity index is 697. The van der Waals surface area contributed by atoms with Gasteiger partial charge in [-0.2, -0.15) is 0 Å². The maximum atomic E-state index is 13.1. The van der Waals surface area contributed by atoms with E-state index in [0.717, 1.165) is 10.6 Å². The van der Waals surface area contributed by atoms with Gasteiger partial charge in [0, 0.05) is 19.8 Å². The van der Waals surface area contributed by atoms with E-state index in [1.165, 1.54) is 13.0 Å². The lowest BCUT2D eigenvalue weighted by atomic mass is 9.76. The number of nitrogens with one attached hydrogen (secondary N) is 1. The number of aliphatic hydroxyl groups is 1. The van der Waals surface area contributed by atoms with Crippen LogP contribution in [0.3, 0.4) is 0 Å². The summed E-state index contributed by atoms with van der Waals surface area (Å²) in [5, 5.41) is 12.0. The van der Waals surface area contributed by atoms with Crippen LogP contribution in [0.25, 0.3) is 0 Å². The van der Waals surface area contributed by atoms with Gasteiger partial charge in [-0.3, -0.25) is 14.9 Å². The van der Waals surface area contributed by atoms with Gasteiger partial charge >= 0.3 is 6.03 Å². The maximum absolute atomic E-state index is 13.1. The number of urea groups is 1. The summed E-state index contributed by atoms with van der Waals surface area (Å²) in [6, 6.07) is 6.04. The van der Waals surface area contributed by atoms with E-state index in [1.807, 2.05) is 19.0 Å². The first-order chi connectivity index (χ1) is 11.7. The van der Waals surface area contributed by atoms with Crippen LogP contribution < -0.4 is 15.1 Å². The number of benzene rings is 1. The highest BCUT2D eigenvalue weighted by Crippen LogP contribution is 2.36. The number of allylic oxidation sites excluding steroid dienone is 1. The SMILES string of the molecule is C=CCC1(CC(C)O)C(=O)NC(=O)N(c2ccc(N(C)C)cc2)C1=O. The number of aliphatic hydroxyl groups excluding tert-OH is 1. The standard InChI is InChI=1S/C18H23N3O4/c1-5-10-18(11-12(2)22)15(23)19-17(25)21(16(18)24)14-8-6-13(7-9-14)20(3)4/h5-9,12,22H,1,10-11H2,2-4H3,(H,19,23,25). The van der Waals surface area contributed by atoms with Gasteiger partial charge in [-0.15, -0.1) is 6.58 Å². The fraction of sp³-hybridized carbons (Fsp3) is 0.389. The number of amides is 4. The molecule has 0 aromatic heterocycles. The smallest absolute Gasteiger partial charge is 0.335 e. The summed E-state index contributed by atoms with van der Waals surface area (Å²) in [4.78, 5) is 40.7. The summed E-state index contributed by atoms with van der Waals surface area (Å²) in [6.45, 7) is 5.10. The molecule has 2 rings (SSSR count). The molecule has 7 heteroatoms. The van der Waals surface area contributed by atoms with Crippen LogP contribution in [0.4, 0.5) is 16.2 Å². The summed E-state index contributed by atoms with van der Waals surface area (Å²) in [7, 11) is 3.76. The van der Waals surface area contributed by atoms with Crippen molar-refractivity contribution in [3.05, 3.63) is 36.9 Å². The predicted octanol–water partition coefficient (Wildman–Crippen LogP) is 1.67. The second-order valence-electron chi connectivity index (χ2n) is 6.44. The highest BCUT2D eigenvalue weighted by molar-refractivity contribution is 6.30. The average molecular weight is 345 g/mol. The number of carbonyl (C=O) groups is 3. The fourth-order valence-electron chi connectivity index (χ4n) is 3.00. The molecule has 7 nitrogen and oxygen atoms in total. The number of barbiturate groups is 1. The highest BCUT2D eigenvalue weighted by atomic mass is 16.3. The van der Waals surface area contributed by atoms with Crippen LogP contribution in [-0.2, 0) is 9.59 Å². The van der Waals surface area contributed by atoms with E-state index in [0.29, 0.717) is 5.69 Å². The largest absolute Gasteiger partial charge is 0.393 e. The van der Waals surface area contributed by atoms with Crippen molar-refractivity contribution in [3.63, 3.8) is 0 Å². The van der Waals surface area contributed by atoms with Crippen LogP contribution in [0.5, 0.6) is 0 Å². The molecule has 1 fully saturated rings. The zero-order chi connectivity index (χ0) is 18.8. The van der Waals surface area contributed by atoms with E-state index in [9.17, 15) is 19.5 Å². The Morgan fingerprint density at radius 3 is 2.36 bits per heavy atom. The zero-order valence-corrected chi connectivity index (χ0v) is 14.7. The molecule has 1 aliphatic heterocycles. The predicted molar refractivity (Wildman–Crippen MR) is 95.3 cm³/mol. The van der Waals surface area contributed by atoms with E-state index < -0.39 is 29.4 Å². The molecule has 2 atom stereocenters. The van der Waals surface area contributed by atoms with Crippen LogP contribution in [0.2, 0.25) is 0 Å². The zero-order valence-electron chi connectivity index (χ0n) is 14.7. The van der Waals surface area contributed by atoms with Crippen LogP contribution in [0.1, 0.15) is 19.8 Å². The van der Waals surface area contributed by atoms with E-state index in [1.54, 1.807) is 24.3 Å². The fourth-order valence-corrected chi connectivity index (χ4v) is 3.00. The maximum Gasteiger partial charge on any atom is 0.335 e. The minimum Gasteiger partial charge on any atom is -0.393 e. The Kier molecular flexibility index (Phi) is 5.27. The van der Waals surface area contributed by atoms with Crippen molar-refractivity contribution in [2.45, 2.75) is 25.9 Å². The molecule has 1 heterocycles. The molecule has 25 heavy (non-hydrogen) atoms. The molecule has 1 aromatic rings.